The van der Waals surface area contributed by atoms with Crippen molar-refractivity contribution in [1.29, 1.82) is 0 Å². The van der Waals surface area contributed by atoms with Gasteiger partial charge in [-0.1, -0.05) is 27.2 Å². The number of rotatable bonds is 8. The lowest BCUT2D eigenvalue weighted by molar-refractivity contribution is -0.141. The summed E-state index contributed by atoms with van der Waals surface area (Å²) < 4.78 is 44.5. The first-order valence-electron chi connectivity index (χ1n) is 7.09. The van der Waals surface area contributed by atoms with E-state index in [2.05, 4.69) is 10.3 Å². The quantitative estimate of drug-likeness (QED) is 0.770. The molecule has 0 saturated heterocycles. The average Bonchev–Trinajstić information content (AvgIpc) is 2.79. The van der Waals surface area contributed by atoms with Crippen LogP contribution >= 0.6 is 11.3 Å². The number of thiazole rings is 1. The van der Waals surface area contributed by atoms with Gasteiger partial charge < -0.3 is 10.1 Å². The molecule has 0 bridgehead atoms. The molecule has 1 aromatic heterocycles. The van der Waals surface area contributed by atoms with E-state index in [9.17, 15) is 13.2 Å². The molecule has 0 fully saturated rings. The summed E-state index contributed by atoms with van der Waals surface area (Å²) in [7, 11) is 1.51. The van der Waals surface area contributed by atoms with Gasteiger partial charge in [-0.15, -0.1) is 11.3 Å². The number of aromatic nitrogens is 1. The first-order chi connectivity index (χ1) is 9.79. The molecule has 0 saturated carbocycles. The molecular weight excluding hydrogens is 301 g/mol. The standard InChI is InChI=1S/C14H23F3N2OS/c1-5-6-10(20-4)13-19-12(14(15,16)17)11(21-13)8-18-7-9(2)3/h9-10,18H,5-8H2,1-4H3. The molecule has 1 rings (SSSR count). The van der Waals surface area contributed by atoms with E-state index in [-0.39, 0.29) is 17.5 Å². The largest absolute Gasteiger partial charge is 0.434 e. The molecule has 0 spiro atoms. The van der Waals surface area contributed by atoms with Crippen molar-refractivity contribution in [1.82, 2.24) is 10.3 Å². The fourth-order valence-corrected chi connectivity index (χ4v) is 3.09. The zero-order chi connectivity index (χ0) is 16.0. The highest BCUT2D eigenvalue weighted by atomic mass is 32.1. The summed E-state index contributed by atoms with van der Waals surface area (Å²) in [6.45, 7) is 6.85. The summed E-state index contributed by atoms with van der Waals surface area (Å²) in [4.78, 5) is 4.03. The van der Waals surface area contributed by atoms with Crippen LogP contribution < -0.4 is 5.32 Å². The van der Waals surface area contributed by atoms with E-state index < -0.39 is 11.9 Å². The topological polar surface area (TPSA) is 34.1 Å². The number of hydrogen-bond acceptors (Lipinski definition) is 4. The van der Waals surface area contributed by atoms with Gasteiger partial charge in [-0.2, -0.15) is 13.2 Å². The molecule has 122 valence electrons. The smallest absolute Gasteiger partial charge is 0.374 e. The number of hydrogen-bond donors (Lipinski definition) is 1. The van der Waals surface area contributed by atoms with Crippen molar-refractivity contribution in [2.45, 2.75) is 52.4 Å². The molecule has 0 amide bonds. The molecule has 1 aromatic rings. The molecule has 1 atom stereocenters. The van der Waals surface area contributed by atoms with Crippen LogP contribution in [-0.2, 0) is 17.5 Å². The minimum Gasteiger partial charge on any atom is -0.374 e. The lowest BCUT2D eigenvalue weighted by atomic mass is 10.2. The van der Waals surface area contributed by atoms with Crippen molar-refractivity contribution >= 4 is 11.3 Å². The summed E-state index contributed by atoms with van der Waals surface area (Å²) in [5, 5.41) is 3.46. The van der Waals surface area contributed by atoms with Crippen molar-refractivity contribution in [3.05, 3.63) is 15.6 Å². The van der Waals surface area contributed by atoms with Gasteiger partial charge in [0.2, 0.25) is 0 Å². The third-order valence-corrected chi connectivity index (χ3v) is 4.08. The van der Waals surface area contributed by atoms with E-state index in [1.54, 1.807) is 0 Å². The van der Waals surface area contributed by atoms with E-state index in [0.29, 0.717) is 23.9 Å². The molecule has 3 nitrogen and oxygen atoms in total. The number of ether oxygens (including phenoxy) is 1. The van der Waals surface area contributed by atoms with Crippen LogP contribution in [0.1, 0.15) is 55.3 Å². The number of methoxy groups -OCH3 is 1. The maximum absolute atomic E-state index is 13.1. The number of nitrogens with one attached hydrogen (secondary N) is 1. The minimum atomic E-state index is -4.42. The number of halogens is 3. The Balaban J connectivity index is 2.95. The van der Waals surface area contributed by atoms with E-state index in [0.717, 1.165) is 17.8 Å². The Bertz CT molecular complexity index is 432. The molecule has 0 aromatic carbocycles. The van der Waals surface area contributed by atoms with E-state index in [1.165, 1.54) is 7.11 Å². The fraction of sp³-hybridized carbons (Fsp3) is 0.786. The highest BCUT2D eigenvalue weighted by Gasteiger charge is 2.38. The molecule has 1 heterocycles. The predicted octanol–water partition coefficient (Wildman–Crippen LogP) is 4.40. The first-order valence-corrected chi connectivity index (χ1v) is 7.91. The van der Waals surface area contributed by atoms with Crippen LogP contribution in [0.5, 0.6) is 0 Å². The second-order valence-electron chi connectivity index (χ2n) is 5.36. The van der Waals surface area contributed by atoms with Crippen molar-refractivity contribution < 1.29 is 17.9 Å². The van der Waals surface area contributed by atoms with Gasteiger partial charge in [-0.25, -0.2) is 4.98 Å². The van der Waals surface area contributed by atoms with Crippen molar-refractivity contribution in [2.24, 2.45) is 5.92 Å². The third-order valence-electron chi connectivity index (χ3n) is 2.93. The van der Waals surface area contributed by atoms with Crippen LogP contribution in [0.25, 0.3) is 0 Å². The summed E-state index contributed by atoms with van der Waals surface area (Å²) in [6.07, 6.45) is -3.28. The van der Waals surface area contributed by atoms with Crippen molar-refractivity contribution in [3.8, 4) is 0 Å². The fourth-order valence-electron chi connectivity index (χ4n) is 1.93. The summed E-state index contributed by atoms with van der Waals surface area (Å²) in [5.74, 6) is 0.388. The van der Waals surface area contributed by atoms with Gasteiger partial charge >= 0.3 is 6.18 Å². The van der Waals surface area contributed by atoms with Gasteiger partial charge in [-0.3, -0.25) is 0 Å². The molecule has 7 heteroatoms. The van der Waals surface area contributed by atoms with Gasteiger partial charge in [0.05, 0.1) is 4.88 Å². The van der Waals surface area contributed by atoms with Gasteiger partial charge in [0.1, 0.15) is 11.1 Å². The maximum Gasteiger partial charge on any atom is 0.434 e. The number of nitrogens with zero attached hydrogens (tertiary/aromatic N) is 1. The predicted molar refractivity (Wildman–Crippen MR) is 78.3 cm³/mol. The normalized spacial score (nSPS) is 13.9. The molecular formula is C14H23F3N2OS. The zero-order valence-electron chi connectivity index (χ0n) is 12.9. The monoisotopic (exact) mass is 324 g/mol. The Morgan fingerprint density at radius 2 is 2.00 bits per heavy atom. The second-order valence-corrected chi connectivity index (χ2v) is 6.47. The Morgan fingerprint density at radius 3 is 2.48 bits per heavy atom. The van der Waals surface area contributed by atoms with Crippen LogP contribution in [0, 0.1) is 5.92 Å². The summed E-state index contributed by atoms with van der Waals surface area (Å²) >= 11 is 1.09. The Morgan fingerprint density at radius 1 is 1.33 bits per heavy atom. The van der Waals surface area contributed by atoms with Crippen molar-refractivity contribution in [2.75, 3.05) is 13.7 Å². The molecule has 21 heavy (non-hydrogen) atoms. The van der Waals surface area contributed by atoms with Crippen LogP contribution in [0.2, 0.25) is 0 Å². The lowest BCUT2D eigenvalue weighted by Gasteiger charge is -2.10. The van der Waals surface area contributed by atoms with Crippen LogP contribution in [0.3, 0.4) is 0 Å². The highest BCUT2D eigenvalue weighted by Crippen LogP contribution is 2.37. The van der Waals surface area contributed by atoms with Gasteiger partial charge in [0.25, 0.3) is 0 Å². The van der Waals surface area contributed by atoms with E-state index in [1.807, 2.05) is 20.8 Å². The van der Waals surface area contributed by atoms with Gasteiger partial charge in [-0.05, 0) is 18.9 Å². The van der Waals surface area contributed by atoms with E-state index in [4.69, 9.17) is 4.74 Å². The minimum absolute atomic E-state index is 0.188. The van der Waals surface area contributed by atoms with Gasteiger partial charge in [0.15, 0.2) is 5.69 Å². The second kappa shape index (κ2) is 8.10. The zero-order valence-corrected chi connectivity index (χ0v) is 13.7. The molecule has 0 aliphatic rings. The first kappa shape index (κ1) is 18.4. The molecule has 0 radical (unpaired) electrons. The van der Waals surface area contributed by atoms with Crippen molar-refractivity contribution in [3.63, 3.8) is 0 Å². The molecule has 1 unspecified atom stereocenters. The summed E-state index contributed by atoms with van der Waals surface area (Å²) in [5.41, 5.74) is -0.781. The number of alkyl halides is 3. The average molecular weight is 324 g/mol. The van der Waals surface area contributed by atoms with Crippen LogP contribution in [-0.4, -0.2) is 18.6 Å². The SMILES string of the molecule is CCCC(OC)c1nc(C(F)(F)F)c(CNCC(C)C)s1. The third kappa shape index (κ3) is 5.56. The molecule has 1 N–H and O–H groups in total. The highest BCUT2D eigenvalue weighted by molar-refractivity contribution is 7.11. The van der Waals surface area contributed by atoms with Gasteiger partial charge in [0, 0.05) is 13.7 Å². The van der Waals surface area contributed by atoms with Crippen LogP contribution in [0.4, 0.5) is 13.2 Å². The van der Waals surface area contributed by atoms with E-state index >= 15 is 0 Å². The Hall–Kier alpha value is -0.660. The molecule has 0 aliphatic carbocycles. The lowest BCUT2D eigenvalue weighted by Crippen LogP contribution is -2.20. The van der Waals surface area contributed by atoms with Crippen LogP contribution in [0.15, 0.2) is 0 Å². The maximum atomic E-state index is 13.1. The summed E-state index contributed by atoms with van der Waals surface area (Å²) in [6, 6.07) is 0. The molecule has 0 aliphatic heterocycles. The Kier molecular flexibility index (Phi) is 7.09. The Labute approximate surface area is 127 Å².